The van der Waals surface area contributed by atoms with E-state index < -0.39 is 0 Å². The zero-order valence-corrected chi connectivity index (χ0v) is 32.0. The Kier molecular flexibility index (Phi) is 5.78. The monoisotopic (exact) mass is 714 g/mol. The number of allylic oxidation sites excluding steroid dienone is 3. The molecule has 13 rings (SSSR count). The summed E-state index contributed by atoms with van der Waals surface area (Å²) in [5.41, 5.74) is 16.1. The van der Waals surface area contributed by atoms with E-state index in [4.69, 9.17) is 0 Å². The van der Waals surface area contributed by atoms with Crippen LogP contribution < -0.4 is 0 Å². The first-order valence-corrected chi connectivity index (χ1v) is 20.1. The first-order chi connectivity index (χ1) is 27.5. The number of rotatable bonds is 2. The number of aryl methyl sites for hydroxylation is 2. The van der Waals surface area contributed by atoms with Gasteiger partial charge in [-0.05, 0) is 135 Å². The fraction of sp³-hybridized carbons (Fsp3) is 0.111. The second-order valence-corrected chi connectivity index (χ2v) is 16.4. The maximum Gasteiger partial charge on any atom is 0.0612 e. The Balaban J connectivity index is 1.10. The average molecular weight is 715 g/mol. The summed E-state index contributed by atoms with van der Waals surface area (Å²) in [4.78, 5) is 0. The number of aromatic nitrogens is 2. The molecule has 9 aromatic carbocycles. The SMILES string of the molecule is Cc1c(C)n(-c2ccc3ccc4c5c3c2CC=C5CC=C4)c2c1ccc1c3ccc4c(C)c(C)n(-c5ccc6ccc7cccc8ccc5c6c78)c4c3ccc12. The Labute approximate surface area is 324 Å². The Bertz CT molecular complexity index is 3660. The van der Waals surface area contributed by atoms with Crippen LogP contribution in [0, 0.1) is 27.7 Å². The lowest BCUT2D eigenvalue weighted by molar-refractivity contribution is 1.02. The first kappa shape index (κ1) is 30.7. The molecule has 2 aromatic heterocycles. The number of fused-ring (bicyclic) bond motifs is 7. The summed E-state index contributed by atoms with van der Waals surface area (Å²) < 4.78 is 5.14. The molecule has 0 saturated heterocycles. The van der Waals surface area contributed by atoms with Crippen molar-refractivity contribution in [2.45, 2.75) is 40.5 Å². The standard InChI is InChI=1S/C54H38N2/c1-29-31(3)55(47-27-17-37-13-11-33-7-5-9-35-15-19-45(47)51(37)49(33)35)53-39(29)21-23-41-42-24-22-40-30(2)32(4)56(54(40)44(42)26-25-43(41)53)48-28-18-38-14-12-34-8-6-10-36-16-20-46(48)52(38)50(34)36/h5-9,11-19,21-28H,10,20H2,1-4H3. The summed E-state index contributed by atoms with van der Waals surface area (Å²) in [6, 6.07) is 44.2. The van der Waals surface area contributed by atoms with E-state index in [-0.39, 0.29) is 0 Å². The van der Waals surface area contributed by atoms with Crippen LogP contribution in [0.1, 0.15) is 45.6 Å². The van der Waals surface area contributed by atoms with Gasteiger partial charge in [0.2, 0.25) is 0 Å². The van der Waals surface area contributed by atoms with E-state index >= 15 is 0 Å². The highest BCUT2D eigenvalue weighted by molar-refractivity contribution is 6.26. The van der Waals surface area contributed by atoms with Gasteiger partial charge in [-0.3, -0.25) is 0 Å². The summed E-state index contributed by atoms with van der Waals surface area (Å²) in [7, 11) is 0. The summed E-state index contributed by atoms with van der Waals surface area (Å²) in [5, 5.41) is 18.5. The molecule has 0 fully saturated rings. The van der Waals surface area contributed by atoms with Gasteiger partial charge in [0, 0.05) is 38.3 Å². The molecular weight excluding hydrogens is 677 g/mol. The number of nitrogens with zero attached hydrogens (tertiary/aromatic N) is 2. The number of benzene rings is 9. The molecule has 11 aromatic rings. The van der Waals surface area contributed by atoms with Gasteiger partial charge in [0.1, 0.15) is 0 Å². The molecule has 0 atom stereocenters. The van der Waals surface area contributed by atoms with E-state index in [2.05, 4.69) is 170 Å². The zero-order chi connectivity index (χ0) is 37.1. The summed E-state index contributed by atoms with van der Waals surface area (Å²) in [6.45, 7) is 9.20. The van der Waals surface area contributed by atoms with E-state index in [1.165, 1.54) is 143 Å². The van der Waals surface area contributed by atoms with Crippen molar-refractivity contribution < 1.29 is 0 Å². The zero-order valence-electron chi connectivity index (χ0n) is 32.0. The van der Waals surface area contributed by atoms with Crippen molar-refractivity contribution in [2.75, 3.05) is 0 Å². The van der Waals surface area contributed by atoms with Crippen molar-refractivity contribution in [1.29, 1.82) is 0 Å². The quantitative estimate of drug-likeness (QED) is 0.158. The largest absolute Gasteiger partial charge is 0.313 e. The highest BCUT2D eigenvalue weighted by atomic mass is 15.0. The third-order valence-corrected chi connectivity index (χ3v) is 14.0. The maximum absolute atomic E-state index is 2.59. The highest BCUT2D eigenvalue weighted by Crippen LogP contribution is 2.46. The van der Waals surface area contributed by atoms with Gasteiger partial charge < -0.3 is 9.13 Å². The highest BCUT2D eigenvalue weighted by Gasteiger charge is 2.25. The van der Waals surface area contributed by atoms with Crippen LogP contribution in [0.3, 0.4) is 0 Å². The van der Waals surface area contributed by atoms with Gasteiger partial charge in [-0.1, -0.05) is 121 Å². The molecule has 0 unspecified atom stereocenters. The minimum atomic E-state index is 0.953. The van der Waals surface area contributed by atoms with Crippen LogP contribution in [0.2, 0.25) is 0 Å². The Morgan fingerprint density at radius 1 is 0.429 bits per heavy atom. The van der Waals surface area contributed by atoms with Crippen LogP contribution in [-0.2, 0) is 6.42 Å². The third kappa shape index (κ3) is 3.68. The maximum atomic E-state index is 2.59. The van der Waals surface area contributed by atoms with Gasteiger partial charge in [-0.2, -0.15) is 0 Å². The predicted molar refractivity (Wildman–Crippen MR) is 241 cm³/mol. The van der Waals surface area contributed by atoms with Crippen LogP contribution in [0.25, 0.3) is 109 Å². The Morgan fingerprint density at radius 2 is 0.946 bits per heavy atom. The van der Waals surface area contributed by atoms with Crippen molar-refractivity contribution in [2.24, 2.45) is 0 Å². The van der Waals surface area contributed by atoms with Crippen molar-refractivity contribution in [1.82, 2.24) is 9.13 Å². The van der Waals surface area contributed by atoms with Gasteiger partial charge in [-0.15, -0.1) is 0 Å². The van der Waals surface area contributed by atoms with Crippen LogP contribution in [0.5, 0.6) is 0 Å². The molecule has 2 aliphatic carbocycles. The fourth-order valence-corrected chi connectivity index (χ4v) is 11.1. The van der Waals surface area contributed by atoms with E-state index in [9.17, 15) is 0 Å². The second-order valence-electron chi connectivity index (χ2n) is 16.4. The van der Waals surface area contributed by atoms with Gasteiger partial charge in [0.25, 0.3) is 0 Å². The molecule has 0 aliphatic heterocycles. The molecule has 2 heteroatoms. The molecule has 2 nitrogen and oxygen atoms in total. The van der Waals surface area contributed by atoms with E-state index in [0.29, 0.717) is 0 Å². The third-order valence-electron chi connectivity index (χ3n) is 14.0. The van der Waals surface area contributed by atoms with Gasteiger partial charge in [0.05, 0.1) is 22.4 Å². The van der Waals surface area contributed by atoms with Crippen molar-refractivity contribution in [3.05, 3.63) is 167 Å². The van der Waals surface area contributed by atoms with Crippen LogP contribution in [-0.4, -0.2) is 9.13 Å². The molecule has 0 spiro atoms. The lowest BCUT2D eigenvalue weighted by Gasteiger charge is -2.26. The fourth-order valence-electron chi connectivity index (χ4n) is 11.1. The van der Waals surface area contributed by atoms with Crippen LogP contribution in [0.15, 0.2) is 127 Å². The van der Waals surface area contributed by atoms with E-state index in [1.54, 1.807) is 0 Å². The van der Waals surface area contributed by atoms with E-state index in [1.807, 2.05) is 0 Å². The van der Waals surface area contributed by atoms with Crippen LogP contribution in [0.4, 0.5) is 0 Å². The lowest BCUT2D eigenvalue weighted by atomic mass is 9.81. The summed E-state index contributed by atoms with van der Waals surface area (Å²) in [6.07, 6.45) is 9.09. The average Bonchev–Trinajstić information content (AvgIpc) is 3.65. The molecule has 0 amide bonds. The van der Waals surface area contributed by atoms with Gasteiger partial charge >= 0.3 is 0 Å². The molecule has 0 radical (unpaired) electrons. The minimum absolute atomic E-state index is 0.953. The van der Waals surface area contributed by atoms with Crippen LogP contribution >= 0.6 is 0 Å². The van der Waals surface area contributed by atoms with Crippen molar-refractivity contribution >= 4 is 98.1 Å². The molecule has 264 valence electrons. The number of hydrogen-bond acceptors (Lipinski definition) is 0. The Hall–Kier alpha value is -6.64. The number of hydrogen-bond donors (Lipinski definition) is 0. The second kappa shape index (κ2) is 10.6. The molecule has 2 aliphatic rings. The molecule has 56 heavy (non-hydrogen) atoms. The predicted octanol–water partition coefficient (Wildman–Crippen LogP) is 14.5. The van der Waals surface area contributed by atoms with Gasteiger partial charge in [-0.25, -0.2) is 0 Å². The smallest absolute Gasteiger partial charge is 0.0612 e. The molecule has 2 heterocycles. The molecule has 0 N–H and O–H groups in total. The summed E-state index contributed by atoms with van der Waals surface area (Å²) >= 11 is 0. The molecule has 0 bridgehead atoms. The lowest BCUT2D eigenvalue weighted by Crippen LogP contribution is -2.08. The topological polar surface area (TPSA) is 9.86 Å². The Morgan fingerprint density at radius 3 is 1.64 bits per heavy atom. The normalized spacial score (nSPS) is 14.0. The molecular formula is C54H38N2. The van der Waals surface area contributed by atoms with Crippen molar-refractivity contribution in [3.8, 4) is 11.4 Å². The van der Waals surface area contributed by atoms with Gasteiger partial charge in [0.15, 0.2) is 0 Å². The van der Waals surface area contributed by atoms with E-state index in [0.717, 1.165) is 12.8 Å². The van der Waals surface area contributed by atoms with Crippen molar-refractivity contribution in [3.63, 3.8) is 0 Å². The minimum Gasteiger partial charge on any atom is -0.313 e. The molecule has 0 saturated carbocycles. The summed E-state index contributed by atoms with van der Waals surface area (Å²) in [5.74, 6) is 0. The first-order valence-electron chi connectivity index (χ1n) is 20.1.